The van der Waals surface area contributed by atoms with E-state index in [0.29, 0.717) is 6.61 Å². The van der Waals surface area contributed by atoms with Crippen LogP contribution in [0.4, 0.5) is 0 Å². The van der Waals surface area contributed by atoms with Crippen molar-refractivity contribution < 1.29 is 9.84 Å². The normalized spacial score (nSPS) is 12.6. The standard InChI is InChI=1S/C12H18O2/c1-5-14-12-8(2)6-11(10(4)13)7-9(12)3/h6-7,10,13H,5H2,1-4H3/t10-/m0/s1. The number of rotatable bonds is 3. The van der Waals surface area contributed by atoms with Crippen LogP contribution in [0.5, 0.6) is 5.75 Å². The highest BCUT2D eigenvalue weighted by Gasteiger charge is 2.08. The van der Waals surface area contributed by atoms with Gasteiger partial charge in [-0.1, -0.05) is 0 Å². The SMILES string of the molecule is CCOc1c(C)cc([C@H](C)O)cc1C. The molecular formula is C12H18O2. The zero-order valence-electron chi connectivity index (χ0n) is 9.29. The van der Waals surface area contributed by atoms with Gasteiger partial charge in [0.1, 0.15) is 5.75 Å². The van der Waals surface area contributed by atoms with Crippen molar-refractivity contribution in [2.75, 3.05) is 6.61 Å². The number of hydrogen-bond donors (Lipinski definition) is 1. The summed E-state index contributed by atoms with van der Waals surface area (Å²) in [5.41, 5.74) is 3.12. The molecule has 1 aromatic rings. The molecule has 0 radical (unpaired) electrons. The van der Waals surface area contributed by atoms with Crippen molar-refractivity contribution >= 4 is 0 Å². The molecule has 14 heavy (non-hydrogen) atoms. The third kappa shape index (κ3) is 2.26. The molecule has 0 saturated carbocycles. The molecular weight excluding hydrogens is 176 g/mol. The molecule has 1 N–H and O–H groups in total. The Kier molecular flexibility index (Phi) is 3.53. The first-order valence-electron chi connectivity index (χ1n) is 4.98. The molecule has 0 aliphatic rings. The molecule has 1 aromatic carbocycles. The molecule has 0 aliphatic carbocycles. The Balaban J connectivity index is 3.11. The van der Waals surface area contributed by atoms with E-state index in [0.717, 1.165) is 22.4 Å². The third-order valence-electron chi connectivity index (χ3n) is 2.25. The molecule has 0 amide bonds. The van der Waals surface area contributed by atoms with Crippen LogP contribution in [-0.4, -0.2) is 11.7 Å². The van der Waals surface area contributed by atoms with Crippen molar-refractivity contribution in [3.8, 4) is 5.75 Å². The van der Waals surface area contributed by atoms with Crippen molar-refractivity contribution in [1.82, 2.24) is 0 Å². The van der Waals surface area contributed by atoms with Gasteiger partial charge in [0.2, 0.25) is 0 Å². The lowest BCUT2D eigenvalue weighted by atomic mass is 10.0. The van der Waals surface area contributed by atoms with Gasteiger partial charge in [-0.05, 0) is 56.5 Å². The van der Waals surface area contributed by atoms with Crippen molar-refractivity contribution in [3.63, 3.8) is 0 Å². The number of hydrogen-bond acceptors (Lipinski definition) is 2. The van der Waals surface area contributed by atoms with E-state index in [1.165, 1.54) is 0 Å². The molecule has 0 spiro atoms. The average Bonchev–Trinajstić information content (AvgIpc) is 2.10. The predicted octanol–water partition coefficient (Wildman–Crippen LogP) is 2.76. The van der Waals surface area contributed by atoms with E-state index < -0.39 is 6.10 Å². The first-order chi connectivity index (χ1) is 6.56. The molecule has 2 nitrogen and oxygen atoms in total. The molecule has 0 aliphatic heterocycles. The molecule has 0 fully saturated rings. The lowest BCUT2D eigenvalue weighted by Gasteiger charge is -2.14. The quantitative estimate of drug-likeness (QED) is 0.801. The molecule has 0 unspecified atom stereocenters. The Morgan fingerprint density at radius 1 is 1.29 bits per heavy atom. The summed E-state index contributed by atoms with van der Waals surface area (Å²) in [5.74, 6) is 0.942. The minimum absolute atomic E-state index is 0.414. The van der Waals surface area contributed by atoms with E-state index in [-0.39, 0.29) is 0 Å². The Morgan fingerprint density at radius 2 is 1.79 bits per heavy atom. The predicted molar refractivity (Wildman–Crippen MR) is 57.7 cm³/mol. The Bertz CT molecular complexity index is 293. The summed E-state index contributed by atoms with van der Waals surface area (Å²) in [7, 11) is 0. The van der Waals surface area contributed by atoms with Crippen LogP contribution in [0.25, 0.3) is 0 Å². The second-order valence-corrected chi connectivity index (χ2v) is 3.59. The highest BCUT2D eigenvalue weighted by Crippen LogP contribution is 2.27. The zero-order chi connectivity index (χ0) is 10.7. The second kappa shape index (κ2) is 4.47. The Hall–Kier alpha value is -1.02. The van der Waals surface area contributed by atoms with Crippen molar-refractivity contribution in [2.24, 2.45) is 0 Å². The van der Waals surface area contributed by atoms with Crippen LogP contribution in [0.2, 0.25) is 0 Å². The summed E-state index contributed by atoms with van der Waals surface area (Å²) in [5, 5.41) is 9.45. The minimum Gasteiger partial charge on any atom is -0.493 e. The van der Waals surface area contributed by atoms with Gasteiger partial charge in [0.05, 0.1) is 12.7 Å². The van der Waals surface area contributed by atoms with Gasteiger partial charge in [-0.3, -0.25) is 0 Å². The van der Waals surface area contributed by atoms with Crippen LogP contribution in [0.1, 0.15) is 36.6 Å². The molecule has 1 rings (SSSR count). The zero-order valence-corrected chi connectivity index (χ0v) is 9.29. The summed E-state index contributed by atoms with van der Waals surface area (Å²) < 4.78 is 5.52. The van der Waals surface area contributed by atoms with E-state index >= 15 is 0 Å². The monoisotopic (exact) mass is 194 g/mol. The van der Waals surface area contributed by atoms with Gasteiger partial charge in [0, 0.05) is 0 Å². The van der Waals surface area contributed by atoms with Crippen LogP contribution in [0.15, 0.2) is 12.1 Å². The van der Waals surface area contributed by atoms with Gasteiger partial charge in [0.15, 0.2) is 0 Å². The van der Waals surface area contributed by atoms with Crippen molar-refractivity contribution in [1.29, 1.82) is 0 Å². The van der Waals surface area contributed by atoms with Gasteiger partial charge in [-0.2, -0.15) is 0 Å². The maximum absolute atomic E-state index is 9.45. The summed E-state index contributed by atoms with van der Waals surface area (Å²) in [6.45, 7) is 8.43. The molecule has 78 valence electrons. The van der Waals surface area contributed by atoms with Crippen LogP contribution in [0, 0.1) is 13.8 Å². The highest BCUT2D eigenvalue weighted by atomic mass is 16.5. The Morgan fingerprint density at radius 3 is 2.14 bits per heavy atom. The van der Waals surface area contributed by atoms with Crippen LogP contribution in [0.3, 0.4) is 0 Å². The highest BCUT2D eigenvalue weighted by molar-refractivity contribution is 5.43. The summed E-state index contributed by atoms with van der Waals surface area (Å²) in [4.78, 5) is 0. The average molecular weight is 194 g/mol. The maximum Gasteiger partial charge on any atom is 0.125 e. The molecule has 0 aromatic heterocycles. The van der Waals surface area contributed by atoms with Gasteiger partial charge in [-0.25, -0.2) is 0 Å². The third-order valence-corrected chi connectivity index (χ3v) is 2.25. The van der Waals surface area contributed by atoms with Gasteiger partial charge < -0.3 is 9.84 Å². The topological polar surface area (TPSA) is 29.5 Å². The van der Waals surface area contributed by atoms with Crippen LogP contribution >= 0.6 is 0 Å². The molecule has 2 heteroatoms. The molecule has 1 atom stereocenters. The van der Waals surface area contributed by atoms with Gasteiger partial charge in [0.25, 0.3) is 0 Å². The van der Waals surface area contributed by atoms with Gasteiger partial charge >= 0.3 is 0 Å². The second-order valence-electron chi connectivity index (χ2n) is 3.59. The number of aryl methyl sites for hydroxylation is 2. The number of ether oxygens (including phenoxy) is 1. The first-order valence-corrected chi connectivity index (χ1v) is 4.98. The van der Waals surface area contributed by atoms with Crippen LogP contribution < -0.4 is 4.74 Å². The number of aliphatic hydroxyl groups excluding tert-OH is 1. The number of benzene rings is 1. The molecule has 0 saturated heterocycles. The smallest absolute Gasteiger partial charge is 0.125 e. The fourth-order valence-corrected chi connectivity index (χ4v) is 1.60. The summed E-state index contributed by atoms with van der Waals surface area (Å²) in [6, 6.07) is 3.95. The van der Waals surface area contributed by atoms with Crippen LogP contribution in [-0.2, 0) is 0 Å². The molecule has 0 bridgehead atoms. The van der Waals surface area contributed by atoms with E-state index in [1.807, 2.05) is 32.9 Å². The minimum atomic E-state index is -0.414. The van der Waals surface area contributed by atoms with E-state index in [1.54, 1.807) is 6.92 Å². The maximum atomic E-state index is 9.45. The fourth-order valence-electron chi connectivity index (χ4n) is 1.60. The number of aliphatic hydroxyl groups is 1. The molecule has 0 heterocycles. The fraction of sp³-hybridized carbons (Fsp3) is 0.500. The lowest BCUT2D eigenvalue weighted by Crippen LogP contribution is -1.99. The van der Waals surface area contributed by atoms with Crippen molar-refractivity contribution in [3.05, 3.63) is 28.8 Å². The lowest BCUT2D eigenvalue weighted by molar-refractivity contribution is 0.199. The van der Waals surface area contributed by atoms with E-state index in [4.69, 9.17) is 4.74 Å². The first kappa shape index (κ1) is 11.1. The van der Waals surface area contributed by atoms with E-state index in [2.05, 4.69) is 0 Å². The van der Waals surface area contributed by atoms with Gasteiger partial charge in [-0.15, -0.1) is 0 Å². The Labute approximate surface area is 85.5 Å². The van der Waals surface area contributed by atoms with E-state index in [9.17, 15) is 5.11 Å². The van der Waals surface area contributed by atoms with Crippen molar-refractivity contribution in [2.45, 2.75) is 33.8 Å². The largest absolute Gasteiger partial charge is 0.493 e. The summed E-state index contributed by atoms with van der Waals surface area (Å²) in [6.07, 6.45) is -0.414. The summed E-state index contributed by atoms with van der Waals surface area (Å²) >= 11 is 0.